The van der Waals surface area contributed by atoms with E-state index < -0.39 is 0 Å². The predicted molar refractivity (Wildman–Crippen MR) is 90.1 cm³/mol. The maximum absolute atomic E-state index is 3.69. The second-order valence-corrected chi connectivity index (χ2v) is 7.58. The van der Waals surface area contributed by atoms with Crippen LogP contribution in [-0.2, 0) is 0 Å². The molecule has 1 aliphatic carbocycles. The topological polar surface area (TPSA) is 12.0 Å². The van der Waals surface area contributed by atoms with Crippen molar-refractivity contribution < 1.29 is 0 Å². The summed E-state index contributed by atoms with van der Waals surface area (Å²) in [6, 6.07) is 9.63. The van der Waals surface area contributed by atoms with Crippen LogP contribution in [0.5, 0.6) is 0 Å². The highest BCUT2D eigenvalue weighted by Gasteiger charge is 2.22. The van der Waals surface area contributed by atoms with Gasteiger partial charge < -0.3 is 5.32 Å². The lowest BCUT2D eigenvalue weighted by atomic mass is 9.94. The summed E-state index contributed by atoms with van der Waals surface area (Å²) >= 11 is 5.65. The first kappa shape index (κ1) is 15.4. The lowest BCUT2D eigenvalue weighted by molar-refractivity contribution is 0.544. The smallest absolute Gasteiger partial charge is 0.0178 e. The largest absolute Gasteiger partial charge is 0.313 e. The van der Waals surface area contributed by atoms with Gasteiger partial charge in [-0.05, 0) is 60.8 Å². The minimum Gasteiger partial charge on any atom is -0.313 e. The van der Waals surface area contributed by atoms with E-state index >= 15 is 0 Å². The second-order valence-electron chi connectivity index (χ2n) is 5.27. The van der Waals surface area contributed by atoms with Gasteiger partial charge in [0.1, 0.15) is 0 Å². The van der Waals surface area contributed by atoms with Gasteiger partial charge in [-0.25, -0.2) is 0 Å². The molecule has 1 fully saturated rings. The van der Waals surface area contributed by atoms with Crippen LogP contribution in [-0.4, -0.2) is 24.1 Å². The Balaban J connectivity index is 1.87. The minimum atomic E-state index is 0.663. The molecule has 0 aliphatic heterocycles. The molecule has 0 radical (unpaired) electrons. The van der Waals surface area contributed by atoms with Gasteiger partial charge in [-0.15, -0.1) is 0 Å². The lowest BCUT2D eigenvalue weighted by Crippen LogP contribution is -2.23. The molecule has 0 amide bonds. The Labute approximate surface area is 130 Å². The fourth-order valence-electron chi connectivity index (χ4n) is 2.32. The Morgan fingerprint density at radius 2 is 2.26 bits per heavy atom. The van der Waals surface area contributed by atoms with Crippen molar-refractivity contribution >= 4 is 27.7 Å². The van der Waals surface area contributed by atoms with Crippen molar-refractivity contribution in [2.24, 2.45) is 0 Å². The Morgan fingerprint density at radius 3 is 2.95 bits per heavy atom. The molecule has 0 bridgehead atoms. The van der Waals surface area contributed by atoms with Gasteiger partial charge in [0.25, 0.3) is 0 Å². The average Bonchev–Trinajstić information content (AvgIpc) is 3.22. The molecule has 1 saturated carbocycles. The van der Waals surface area contributed by atoms with E-state index in [9.17, 15) is 0 Å². The van der Waals surface area contributed by atoms with Crippen molar-refractivity contribution in [2.45, 2.75) is 44.6 Å². The summed E-state index contributed by atoms with van der Waals surface area (Å²) in [7, 11) is 0. The Morgan fingerprint density at radius 1 is 1.42 bits per heavy atom. The van der Waals surface area contributed by atoms with Gasteiger partial charge >= 0.3 is 0 Å². The predicted octanol–water partition coefficient (Wildman–Crippen LogP) is 4.82. The molecule has 19 heavy (non-hydrogen) atoms. The van der Waals surface area contributed by atoms with E-state index in [0.29, 0.717) is 5.92 Å². The highest BCUT2D eigenvalue weighted by atomic mass is 79.9. The molecule has 106 valence electrons. The third-order valence-corrected chi connectivity index (χ3v) is 5.07. The lowest BCUT2D eigenvalue weighted by Gasteiger charge is -2.18. The fraction of sp³-hybridized carbons (Fsp3) is 0.625. The van der Waals surface area contributed by atoms with Crippen LogP contribution in [0, 0.1) is 0 Å². The summed E-state index contributed by atoms with van der Waals surface area (Å²) in [6.07, 6.45) is 5.36. The zero-order valence-corrected chi connectivity index (χ0v) is 14.1. The average molecular weight is 342 g/mol. The van der Waals surface area contributed by atoms with E-state index in [1.807, 2.05) is 0 Å². The highest BCUT2D eigenvalue weighted by Crippen LogP contribution is 2.26. The van der Waals surface area contributed by atoms with Gasteiger partial charge in [0.2, 0.25) is 0 Å². The number of thioether (sulfide) groups is 1. The van der Waals surface area contributed by atoms with E-state index in [0.717, 1.165) is 12.6 Å². The summed E-state index contributed by atoms with van der Waals surface area (Å²) in [5.41, 5.74) is 1.48. The number of rotatable bonds is 9. The molecule has 3 heteroatoms. The summed E-state index contributed by atoms with van der Waals surface area (Å²) in [6.45, 7) is 3.38. The van der Waals surface area contributed by atoms with Crippen LogP contribution in [0.1, 0.15) is 44.1 Å². The molecule has 0 spiro atoms. The first-order valence-electron chi connectivity index (χ1n) is 7.36. The van der Waals surface area contributed by atoms with Gasteiger partial charge in [0.15, 0.2) is 0 Å². The Hall–Kier alpha value is 0.01000. The SMILES string of the molecule is CCSCCCC(CNC1CC1)c1cccc(Br)c1. The molecule has 1 aromatic rings. The molecular formula is C16H24BrNS. The summed E-state index contributed by atoms with van der Waals surface area (Å²) < 4.78 is 1.20. The fourth-order valence-corrected chi connectivity index (χ4v) is 3.40. The van der Waals surface area contributed by atoms with E-state index in [-0.39, 0.29) is 0 Å². The molecule has 1 aliphatic rings. The second kappa shape index (κ2) is 8.33. The molecule has 0 saturated heterocycles. The third kappa shape index (κ3) is 5.88. The normalized spacial score (nSPS) is 16.5. The molecule has 1 unspecified atom stereocenters. The number of hydrogen-bond acceptors (Lipinski definition) is 2. The van der Waals surface area contributed by atoms with Crippen molar-refractivity contribution in [3.63, 3.8) is 0 Å². The van der Waals surface area contributed by atoms with Crippen molar-refractivity contribution in [3.8, 4) is 0 Å². The Bertz CT molecular complexity index is 379. The van der Waals surface area contributed by atoms with Gasteiger partial charge in [0, 0.05) is 17.1 Å². The van der Waals surface area contributed by atoms with Crippen LogP contribution in [0.3, 0.4) is 0 Å². The standard InChI is InChI=1S/C16H24BrNS/c1-2-19-10-4-6-14(12-18-16-8-9-16)13-5-3-7-15(17)11-13/h3,5,7,11,14,16,18H,2,4,6,8-10,12H2,1H3. The van der Waals surface area contributed by atoms with Crippen LogP contribution in [0.15, 0.2) is 28.7 Å². The number of benzene rings is 1. The molecule has 0 heterocycles. The zero-order valence-electron chi connectivity index (χ0n) is 11.7. The minimum absolute atomic E-state index is 0.663. The van der Waals surface area contributed by atoms with Crippen LogP contribution in [0.4, 0.5) is 0 Å². The first-order chi connectivity index (χ1) is 9.29. The summed E-state index contributed by atoms with van der Waals surface area (Å²) in [5, 5.41) is 3.69. The maximum Gasteiger partial charge on any atom is 0.0178 e. The monoisotopic (exact) mass is 341 g/mol. The molecule has 1 nitrogen and oxygen atoms in total. The van der Waals surface area contributed by atoms with E-state index in [2.05, 4.69) is 64.2 Å². The molecule has 1 aromatic carbocycles. The van der Waals surface area contributed by atoms with Crippen molar-refractivity contribution in [1.29, 1.82) is 0 Å². The van der Waals surface area contributed by atoms with Gasteiger partial charge in [-0.2, -0.15) is 11.8 Å². The van der Waals surface area contributed by atoms with Gasteiger partial charge in [0.05, 0.1) is 0 Å². The summed E-state index contributed by atoms with van der Waals surface area (Å²) in [4.78, 5) is 0. The Kier molecular flexibility index (Phi) is 6.75. The van der Waals surface area contributed by atoms with Gasteiger partial charge in [-0.3, -0.25) is 0 Å². The highest BCUT2D eigenvalue weighted by molar-refractivity contribution is 9.10. The molecule has 2 rings (SSSR count). The van der Waals surface area contributed by atoms with Crippen molar-refractivity contribution in [2.75, 3.05) is 18.1 Å². The van der Waals surface area contributed by atoms with Crippen LogP contribution < -0.4 is 5.32 Å². The van der Waals surface area contributed by atoms with Gasteiger partial charge in [-0.1, -0.05) is 35.0 Å². The van der Waals surface area contributed by atoms with E-state index in [1.54, 1.807) is 0 Å². The van der Waals surface area contributed by atoms with Crippen LogP contribution in [0.2, 0.25) is 0 Å². The van der Waals surface area contributed by atoms with Crippen LogP contribution in [0.25, 0.3) is 0 Å². The number of hydrogen-bond donors (Lipinski definition) is 1. The zero-order chi connectivity index (χ0) is 13.5. The molecule has 1 N–H and O–H groups in total. The molecular weight excluding hydrogens is 318 g/mol. The summed E-state index contributed by atoms with van der Waals surface area (Å²) in [5.74, 6) is 3.20. The van der Waals surface area contributed by atoms with E-state index in [4.69, 9.17) is 0 Å². The number of nitrogens with one attached hydrogen (secondary N) is 1. The van der Waals surface area contributed by atoms with E-state index in [1.165, 1.54) is 47.2 Å². The quantitative estimate of drug-likeness (QED) is 0.646. The van der Waals surface area contributed by atoms with Crippen molar-refractivity contribution in [1.82, 2.24) is 5.32 Å². The maximum atomic E-state index is 3.69. The number of halogens is 1. The van der Waals surface area contributed by atoms with Crippen LogP contribution >= 0.6 is 27.7 Å². The first-order valence-corrected chi connectivity index (χ1v) is 9.31. The third-order valence-electron chi connectivity index (χ3n) is 3.60. The molecule has 0 aromatic heterocycles. The van der Waals surface area contributed by atoms with Crippen molar-refractivity contribution in [3.05, 3.63) is 34.3 Å². The molecule has 1 atom stereocenters.